The molecular formula is C19H21N9O3. The highest BCUT2D eigenvalue weighted by Gasteiger charge is 2.32. The Balaban J connectivity index is 1.47. The third-order valence-corrected chi connectivity index (χ3v) is 4.81. The fourth-order valence-corrected chi connectivity index (χ4v) is 3.16. The molecule has 31 heavy (non-hydrogen) atoms. The van der Waals surface area contributed by atoms with Gasteiger partial charge in [-0.05, 0) is 16.8 Å². The second kappa shape index (κ2) is 8.28. The molecule has 160 valence electrons. The standard InChI is InChI=1S/C19H21N9O3/c1-27-15-7-12(20)13(23-21)8-16(15)31-10-14(19(27)30)22-18(29)17-24-26-28(25-17)9-11-5-3-2-4-6-11/h2-8,14,23H,9-10,20-21H2,1H3,(H,22,29). The molecule has 3 aromatic rings. The predicted octanol–water partition coefficient (Wildman–Crippen LogP) is -0.257. The fraction of sp³-hybridized carbons (Fsp3) is 0.211. The Morgan fingerprint density at radius 2 is 2.06 bits per heavy atom. The van der Waals surface area contributed by atoms with E-state index in [1.54, 1.807) is 19.2 Å². The van der Waals surface area contributed by atoms with Crippen molar-refractivity contribution in [1.82, 2.24) is 25.5 Å². The molecule has 1 aromatic heterocycles. The molecule has 2 aromatic carbocycles. The van der Waals surface area contributed by atoms with Crippen LogP contribution >= 0.6 is 0 Å². The number of benzene rings is 2. The van der Waals surface area contributed by atoms with Gasteiger partial charge in [0.2, 0.25) is 0 Å². The number of nitrogens with one attached hydrogen (secondary N) is 2. The van der Waals surface area contributed by atoms with Crippen molar-refractivity contribution in [3.8, 4) is 5.75 Å². The highest BCUT2D eigenvalue weighted by molar-refractivity contribution is 6.03. The lowest BCUT2D eigenvalue weighted by Gasteiger charge is -2.20. The van der Waals surface area contributed by atoms with Gasteiger partial charge in [0, 0.05) is 13.1 Å². The smallest absolute Gasteiger partial charge is 0.293 e. The molecule has 0 spiro atoms. The first-order valence-electron chi connectivity index (χ1n) is 9.39. The van der Waals surface area contributed by atoms with Crippen molar-refractivity contribution >= 4 is 28.9 Å². The molecule has 6 N–H and O–H groups in total. The van der Waals surface area contributed by atoms with Gasteiger partial charge in [-0.2, -0.15) is 4.80 Å². The minimum absolute atomic E-state index is 0.0893. The van der Waals surface area contributed by atoms with E-state index in [4.69, 9.17) is 16.3 Å². The molecule has 0 saturated carbocycles. The number of hydrogen-bond acceptors (Lipinski definition) is 9. The van der Waals surface area contributed by atoms with Crippen LogP contribution in [0.3, 0.4) is 0 Å². The first-order chi connectivity index (χ1) is 15.0. The third-order valence-electron chi connectivity index (χ3n) is 4.81. The van der Waals surface area contributed by atoms with Crippen LogP contribution in [0, 0.1) is 0 Å². The van der Waals surface area contributed by atoms with Crippen LogP contribution in [0.5, 0.6) is 5.75 Å². The minimum Gasteiger partial charge on any atom is -0.489 e. The Labute approximate surface area is 177 Å². The van der Waals surface area contributed by atoms with Crippen LogP contribution in [0.2, 0.25) is 0 Å². The van der Waals surface area contributed by atoms with Crippen LogP contribution in [0.15, 0.2) is 42.5 Å². The molecular weight excluding hydrogens is 402 g/mol. The summed E-state index contributed by atoms with van der Waals surface area (Å²) in [4.78, 5) is 28.2. The largest absolute Gasteiger partial charge is 0.489 e. The van der Waals surface area contributed by atoms with E-state index < -0.39 is 11.9 Å². The summed E-state index contributed by atoms with van der Waals surface area (Å²) in [6, 6.07) is 11.7. The maximum absolute atomic E-state index is 12.9. The minimum atomic E-state index is -0.957. The first-order valence-corrected chi connectivity index (χ1v) is 9.39. The van der Waals surface area contributed by atoms with Gasteiger partial charge in [-0.3, -0.25) is 15.4 Å². The number of nitrogens with zero attached hydrogens (tertiary/aromatic N) is 5. The van der Waals surface area contributed by atoms with Gasteiger partial charge in [0.15, 0.2) is 0 Å². The summed E-state index contributed by atoms with van der Waals surface area (Å²) in [7, 11) is 1.57. The maximum Gasteiger partial charge on any atom is 0.293 e. The Morgan fingerprint density at radius 3 is 2.81 bits per heavy atom. The number of fused-ring (bicyclic) bond motifs is 1. The number of nitrogen functional groups attached to an aromatic ring is 2. The molecule has 0 fully saturated rings. The number of rotatable bonds is 5. The third kappa shape index (κ3) is 4.09. The van der Waals surface area contributed by atoms with E-state index in [9.17, 15) is 9.59 Å². The molecule has 2 heterocycles. The molecule has 1 unspecified atom stereocenters. The SMILES string of the molecule is CN1C(=O)C(NC(=O)c2nnn(Cc3ccccc3)n2)COc2cc(NN)c(N)cc21. The van der Waals surface area contributed by atoms with Gasteiger partial charge in [-0.25, -0.2) is 0 Å². The van der Waals surface area contributed by atoms with Crippen LogP contribution in [-0.2, 0) is 11.3 Å². The Kier molecular flexibility index (Phi) is 5.37. The average Bonchev–Trinajstić information content (AvgIpc) is 3.21. The van der Waals surface area contributed by atoms with Crippen molar-refractivity contribution in [2.75, 3.05) is 29.7 Å². The number of carbonyl (C=O) groups excluding carboxylic acids is 2. The summed E-state index contributed by atoms with van der Waals surface area (Å²) in [6.45, 7) is 0.275. The molecule has 12 heteroatoms. The van der Waals surface area contributed by atoms with Gasteiger partial charge >= 0.3 is 0 Å². The van der Waals surface area contributed by atoms with Gasteiger partial charge in [0.25, 0.3) is 17.6 Å². The number of anilines is 3. The van der Waals surface area contributed by atoms with E-state index in [0.29, 0.717) is 29.4 Å². The molecule has 12 nitrogen and oxygen atoms in total. The highest BCUT2D eigenvalue weighted by Crippen LogP contribution is 2.36. The molecule has 0 radical (unpaired) electrons. The van der Waals surface area contributed by atoms with Crippen LogP contribution in [0.25, 0.3) is 0 Å². The quantitative estimate of drug-likeness (QED) is 0.246. The lowest BCUT2D eigenvalue weighted by atomic mass is 10.2. The number of carbonyl (C=O) groups is 2. The maximum atomic E-state index is 12.9. The van der Waals surface area contributed by atoms with E-state index in [1.807, 2.05) is 30.3 Å². The van der Waals surface area contributed by atoms with Gasteiger partial charge in [0.1, 0.15) is 18.4 Å². The summed E-state index contributed by atoms with van der Waals surface area (Å²) < 4.78 is 5.73. The summed E-state index contributed by atoms with van der Waals surface area (Å²) in [5.74, 6) is 4.69. The topological polar surface area (TPSA) is 166 Å². The number of amides is 2. The lowest BCUT2D eigenvalue weighted by Crippen LogP contribution is -2.49. The van der Waals surface area contributed by atoms with Crippen LogP contribution in [0.4, 0.5) is 17.1 Å². The van der Waals surface area contributed by atoms with Crippen molar-refractivity contribution in [3.05, 3.63) is 53.9 Å². The molecule has 1 aliphatic heterocycles. The van der Waals surface area contributed by atoms with Crippen molar-refractivity contribution < 1.29 is 14.3 Å². The Bertz CT molecular complexity index is 1120. The number of hydrogen-bond donors (Lipinski definition) is 4. The molecule has 2 amide bonds. The van der Waals surface area contributed by atoms with Crippen molar-refractivity contribution in [2.24, 2.45) is 5.84 Å². The van der Waals surface area contributed by atoms with E-state index in [1.165, 1.54) is 9.70 Å². The van der Waals surface area contributed by atoms with Crippen LogP contribution in [0.1, 0.15) is 16.2 Å². The molecule has 4 rings (SSSR count). The predicted molar refractivity (Wildman–Crippen MR) is 112 cm³/mol. The zero-order chi connectivity index (χ0) is 22.0. The van der Waals surface area contributed by atoms with Crippen LogP contribution in [-0.4, -0.2) is 51.7 Å². The van der Waals surface area contributed by atoms with E-state index in [0.717, 1.165) is 5.56 Å². The van der Waals surface area contributed by atoms with Gasteiger partial charge in [-0.15, -0.1) is 10.2 Å². The van der Waals surface area contributed by atoms with Crippen molar-refractivity contribution in [2.45, 2.75) is 12.6 Å². The van der Waals surface area contributed by atoms with Crippen molar-refractivity contribution in [1.29, 1.82) is 0 Å². The monoisotopic (exact) mass is 423 g/mol. The average molecular weight is 423 g/mol. The number of ether oxygens (including phenoxy) is 1. The molecule has 0 saturated heterocycles. The molecule has 1 aliphatic rings. The van der Waals surface area contributed by atoms with Gasteiger partial charge < -0.3 is 26.1 Å². The van der Waals surface area contributed by atoms with E-state index >= 15 is 0 Å². The summed E-state index contributed by atoms with van der Waals surface area (Å²) >= 11 is 0. The number of aromatic nitrogens is 4. The summed E-state index contributed by atoms with van der Waals surface area (Å²) in [6.07, 6.45) is 0. The number of nitrogens with two attached hydrogens (primary N) is 2. The van der Waals surface area contributed by atoms with Crippen molar-refractivity contribution in [3.63, 3.8) is 0 Å². The number of tetrazole rings is 1. The van der Waals surface area contributed by atoms with E-state index in [2.05, 4.69) is 26.2 Å². The van der Waals surface area contributed by atoms with E-state index in [-0.39, 0.29) is 18.3 Å². The molecule has 0 bridgehead atoms. The Morgan fingerprint density at radius 1 is 1.29 bits per heavy atom. The van der Waals surface area contributed by atoms with Crippen LogP contribution < -0.4 is 32.0 Å². The second-order valence-corrected chi connectivity index (χ2v) is 6.91. The molecule has 0 aliphatic carbocycles. The summed E-state index contributed by atoms with van der Waals surface area (Å²) in [5.41, 5.74) is 10.6. The van der Waals surface area contributed by atoms with Gasteiger partial charge in [-0.1, -0.05) is 30.3 Å². The summed E-state index contributed by atoms with van der Waals surface area (Å²) in [5, 5.41) is 14.4. The zero-order valence-electron chi connectivity index (χ0n) is 16.6. The second-order valence-electron chi connectivity index (χ2n) is 6.91. The highest BCUT2D eigenvalue weighted by atomic mass is 16.5. The normalized spacial score (nSPS) is 15.6. The zero-order valence-corrected chi connectivity index (χ0v) is 16.6. The number of hydrazine groups is 1. The van der Waals surface area contributed by atoms with Gasteiger partial charge in [0.05, 0.1) is 23.6 Å². The first kappa shape index (κ1) is 20.1. The fourth-order valence-electron chi connectivity index (χ4n) is 3.16. The lowest BCUT2D eigenvalue weighted by molar-refractivity contribution is -0.120. The Hall–Kier alpha value is -4.19. The number of likely N-dealkylation sites (N-methyl/N-ethyl adjacent to an activating group) is 1. The molecule has 1 atom stereocenters.